The molecule has 39 heavy (non-hydrogen) atoms. The van der Waals surface area contributed by atoms with Crippen LogP contribution in [0.25, 0.3) is 10.2 Å². The first-order chi connectivity index (χ1) is 18.6. The number of fused-ring (bicyclic) bond motifs is 4. The zero-order valence-electron chi connectivity index (χ0n) is 23.1. The lowest BCUT2D eigenvalue weighted by molar-refractivity contribution is 0.0123. The van der Waals surface area contributed by atoms with E-state index in [1.807, 2.05) is 44.7 Å². The first kappa shape index (κ1) is 25.9. The average Bonchev–Trinajstić information content (AvgIpc) is 3.34. The zero-order valence-corrected chi connectivity index (χ0v) is 23.9. The van der Waals surface area contributed by atoms with E-state index in [1.165, 1.54) is 28.2 Å². The predicted molar refractivity (Wildman–Crippen MR) is 156 cm³/mol. The Balaban J connectivity index is 1.11. The minimum atomic E-state index is -0.482. The molecule has 0 saturated carbocycles. The molecule has 2 fully saturated rings. The summed E-state index contributed by atoms with van der Waals surface area (Å²) in [6.45, 7) is 9.36. The van der Waals surface area contributed by atoms with Crippen molar-refractivity contribution in [1.82, 2.24) is 15.2 Å². The molecule has 3 N–H and O–H groups in total. The Morgan fingerprint density at radius 3 is 2.54 bits per heavy atom. The fraction of sp³-hybridized carbons (Fsp3) is 0.500. The maximum Gasteiger partial charge on any atom is 0.410 e. The van der Waals surface area contributed by atoms with Crippen LogP contribution in [-0.2, 0) is 17.6 Å². The van der Waals surface area contributed by atoms with Gasteiger partial charge in [-0.15, -0.1) is 11.3 Å². The Labute approximate surface area is 233 Å². The molecule has 3 aliphatic rings. The third-order valence-electron chi connectivity index (χ3n) is 8.14. The van der Waals surface area contributed by atoms with Gasteiger partial charge in [0, 0.05) is 35.9 Å². The summed E-state index contributed by atoms with van der Waals surface area (Å²) in [7, 11) is 0. The van der Waals surface area contributed by atoms with Gasteiger partial charge >= 0.3 is 6.09 Å². The van der Waals surface area contributed by atoms with E-state index in [2.05, 4.69) is 33.4 Å². The molecule has 6 rings (SSSR count). The minimum Gasteiger partial charge on any atom is -0.444 e. The van der Waals surface area contributed by atoms with Gasteiger partial charge < -0.3 is 20.7 Å². The first-order valence-electron chi connectivity index (χ1n) is 13.9. The van der Waals surface area contributed by atoms with Crippen LogP contribution in [0.1, 0.15) is 66.5 Å². The second-order valence-corrected chi connectivity index (χ2v) is 13.2. The molecular formula is C30H37N5O3S. The van der Waals surface area contributed by atoms with Crippen LogP contribution in [0.4, 0.5) is 16.2 Å². The molecule has 3 atom stereocenters. The molecule has 8 nitrogen and oxygen atoms in total. The molecule has 2 saturated heterocycles. The molecule has 206 valence electrons. The van der Waals surface area contributed by atoms with E-state index in [0.29, 0.717) is 10.6 Å². The summed E-state index contributed by atoms with van der Waals surface area (Å²) in [5.41, 5.74) is 11.1. The minimum absolute atomic E-state index is 0.0726. The van der Waals surface area contributed by atoms with Crippen LogP contribution in [-0.4, -0.2) is 58.7 Å². The first-order valence-corrected chi connectivity index (χ1v) is 14.7. The number of anilines is 2. The van der Waals surface area contributed by atoms with E-state index < -0.39 is 5.60 Å². The fourth-order valence-electron chi connectivity index (χ4n) is 6.30. The highest BCUT2D eigenvalue weighted by molar-refractivity contribution is 7.21. The maximum absolute atomic E-state index is 13.1. The van der Waals surface area contributed by atoms with Crippen LogP contribution in [0.2, 0.25) is 0 Å². The molecule has 9 heteroatoms. The number of ether oxygens (including phenoxy) is 1. The number of nitrogens with zero attached hydrogens (tertiary/aromatic N) is 3. The van der Waals surface area contributed by atoms with Crippen LogP contribution < -0.4 is 16.0 Å². The van der Waals surface area contributed by atoms with Gasteiger partial charge in [-0.2, -0.15) is 0 Å². The molecule has 1 aromatic carbocycles. The highest BCUT2D eigenvalue weighted by atomic mass is 32.1. The Bertz CT molecular complexity index is 1430. The van der Waals surface area contributed by atoms with Crippen molar-refractivity contribution in [3.05, 3.63) is 52.0 Å². The lowest BCUT2D eigenvalue weighted by atomic mass is 9.87. The molecule has 4 heterocycles. The number of rotatable bonds is 3. The number of aryl methyl sites for hydroxylation is 2. The average molecular weight is 548 g/mol. The van der Waals surface area contributed by atoms with Crippen molar-refractivity contribution in [2.24, 2.45) is 0 Å². The number of amides is 2. The maximum atomic E-state index is 13.1. The zero-order chi connectivity index (χ0) is 27.5. The van der Waals surface area contributed by atoms with Gasteiger partial charge in [0.2, 0.25) is 0 Å². The number of aromatic nitrogens is 1. The number of nitrogen functional groups attached to an aromatic ring is 1. The van der Waals surface area contributed by atoms with Gasteiger partial charge in [0.15, 0.2) is 0 Å². The highest BCUT2D eigenvalue weighted by Gasteiger charge is 2.44. The van der Waals surface area contributed by atoms with Gasteiger partial charge in [-0.05, 0) is 95.2 Å². The SMILES string of the molecule is Cc1ccc2c(N)c(C(=O)N[C@@H]3CCc4cc(N5CC6CCC(C5)N6C(=O)OC(C)(C)C)ccc4C3)sc2n1. The lowest BCUT2D eigenvalue weighted by Crippen LogP contribution is -2.56. The topological polar surface area (TPSA) is 101 Å². The monoisotopic (exact) mass is 547 g/mol. The van der Waals surface area contributed by atoms with Crippen molar-refractivity contribution in [1.29, 1.82) is 0 Å². The summed E-state index contributed by atoms with van der Waals surface area (Å²) in [4.78, 5) is 36.2. The number of pyridine rings is 1. The van der Waals surface area contributed by atoms with Crippen molar-refractivity contribution >= 4 is 44.9 Å². The van der Waals surface area contributed by atoms with E-state index in [-0.39, 0.29) is 30.1 Å². The van der Waals surface area contributed by atoms with Gasteiger partial charge in [-0.25, -0.2) is 9.78 Å². The normalized spacial score (nSPS) is 22.6. The van der Waals surface area contributed by atoms with E-state index in [0.717, 1.165) is 61.1 Å². The van der Waals surface area contributed by atoms with Crippen LogP contribution in [0.3, 0.4) is 0 Å². The van der Waals surface area contributed by atoms with E-state index >= 15 is 0 Å². The summed E-state index contributed by atoms with van der Waals surface area (Å²) in [5, 5.41) is 4.07. The van der Waals surface area contributed by atoms with E-state index in [1.54, 1.807) is 0 Å². The number of thiophene rings is 1. The number of piperazine rings is 1. The number of nitrogens with two attached hydrogens (primary N) is 1. The van der Waals surface area contributed by atoms with Crippen molar-refractivity contribution in [2.45, 2.75) is 83.5 Å². The standard InChI is InChI=1S/C30H37N5O3S/c1-17-5-12-24-25(31)26(39-28(24)32-17)27(36)33-20-8-6-19-14-21(9-7-18(19)13-20)34-15-22-10-11-23(16-34)35(22)29(37)38-30(2,3)4/h5,7,9,12,14,20,22-23H,6,8,10-11,13,15-16,31H2,1-4H3,(H,33,36)/t20-,22?,23?/m1/s1. The number of hydrogen-bond acceptors (Lipinski definition) is 7. The van der Waals surface area contributed by atoms with Crippen molar-refractivity contribution in [3.63, 3.8) is 0 Å². The van der Waals surface area contributed by atoms with Gasteiger partial charge in [0.05, 0.1) is 17.8 Å². The number of carbonyl (C=O) groups is 2. The summed E-state index contributed by atoms with van der Waals surface area (Å²) in [6, 6.07) is 11.0. The number of hydrogen-bond donors (Lipinski definition) is 2. The molecule has 0 radical (unpaired) electrons. The van der Waals surface area contributed by atoms with E-state index in [9.17, 15) is 9.59 Å². The Hall–Kier alpha value is -3.33. The Morgan fingerprint density at radius 2 is 1.82 bits per heavy atom. The van der Waals surface area contributed by atoms with Crippen molar-refractivity contribution < 1.29 is 14.3 Å². The summed E-state index contributed by atoms with van der Waals surface area (Å²) in [6.07, 6.45) is 4.47. The molecular weight excluding hydrogens is 510 g/mol. The molecule has 2 aliphatic heterocycles. The highest BCUT2D eigenvalue weighted by Crippen LogP contribution is 2.36. The predicted octanol–water partition coefficient (Wildman–Crippen LogP) is 5.06. The second-order valence-electron chi connectivity index (χ2n) is 12.2. The summed E-state index contributed by atoms with van der Waals surface area (Å²) in [5.74, 6) is -0.114. The molecule has 2 amide bonds. The Morgan fingerprint density at radius 1 is 1.08 bits per heavy atom. The number of carbonyl (C=O) groups excluding carboxylic acids is 2. The van der Waals surface area contributed by atoms with E-state index in [4.69, 9.17) is 10.5 Å². The number of benzene rings is 1. The third-order valence-corrected chi connectivity index (χ3v) is 9.26. The van der Waals surface area contributed by atoms with Crippen LogP contribution in [0, 0.1) is 6.92 Å². The van der Waals surface area contributed by atoms with Crippen LogP contribution in [0.5, 0.6) is 0 Å². The Kier molecular flexibility index (Phi) is 6.44. The largest absolute Gasteiger partial charge is 0.444 e. The van der Waals surface area contributed by atoms with Gasteiger partial charge in [-0.3, -0.25) is 9.69 Å². The van der Waals surface area contributed by atoms with Gasteiger partial charge in [0.1, 0.15) is 15.3 Å². The number of nitrogens with one attached hydrogen (secondary N) is 1. The fourth-order valence-corrected chi connectivity index (χ4v) is 7.34. The molecule has 3 aromatic rings. The smallest absolute Gasteiger partial charge is 0.410 e. The third kappa shape index (κ3) is 5.04. The lowest BCUT2D eigenvalue weighted by Gasteiger charge is -2.42. The van der Waals surface area contributed by atoms with Crippen molar-refractivity contribution in [3.8, 4) is 0 Å². The van der Waals surface area contributed by atoms with Crippen molar-refractivity contribution in [2.75, 3.05) is 23.7 Å². The van der Waals surface area contributed by atoms with Gasteiger partial charge in [0.25, 0.3) is 5.91 Å². The van der Waals surface area contributed by atoms with Crippen LogP contribution >= 0.6 is 11.3 Å². The molecule has 2 unspecified atom stereocenters. The molecule has 2 aromatic heterocycles. The van der Waals surface area contributed by atoms with Crippen LogP contribution in [0.15, 0.2) is 30.3 Å². The van der Waals surface area contributed by atoms with Gasteiger partial charge in [-0.1, -0.05) is 6.07 Å². The quantitative estimate of drug-likeness (QED) is 0.475. The molecule has 2 bridgehead atoms. The summed E-state index contributed by atoms with van der Waals surface area (Å²) >= 11 is 1.36. The summed E-state index contributed by atoms with van der Waals surface area (Å²) < 4.78 is 5.69. The molecule has 0 spiro atoms. The molecule has 1 aliphatic carbocycles. The second kappa shape index (κ2) is 9.70.